The van der Waals surface area contributed by atoms with E-state index in [1.165, 1.54) is 54.1 Å². The van der Waals surface area contributed by atoms with Crippen molar-refractivity contribution in [2.75, 3.05) is 18.8 Å². The largest absolute Gasteiger partial charge is 0.299 e. The molecule has 1 saturated carbocycles. The van der Waals surface area contributed by atoms with E-state index in [1.807, 2.05) is 30.9 Å². The van der Waals surface area contributed by atoms with Gasteiger partial charge in [-0.15, -0.1) is 11.8 Å². The molecule has 4 atom stereocenters. The highest BCUT2D eigenvalue weighted by Crippen LogP contribution is 2.49. The molecule has 7 rings (SSSR count). The number of likely N-dealkylation sites (tertiary alicyclic amines) is 1. The highest BCUT2D eigenvalue weighted by Gasteiger charge is 2.44. The number of halogens is 1. The minimum absolute atomic E-state index is 0.535. The van der Waals surface area contributed by atoms with Crippen LogP contribution < -0.4 is 0 Å². The van der Waals surface area contributed by atoms with Gasteiger partial charge in [0.15, 0.2) is 0 Å². The van der Waals surface area contributed by atoms with E-state index in [4.69, 9.17) is 11.6 Å². The molecular weight excluding hydrogens is 472 g/mol. The smallest absolute Gasteiger partial charge is 0.100 e. The molecule has 2 aliphatic heterocycles. The normalized spacial score (nSPS) is 26.2. The van der Waals surface area contributed by atoms with Gasteiger partial charge in [0, 0.05) is 57.6 Å². The van der Waals surface area contributed by atoms with E-state index in [0.29, 0.717) is 12.0 Å². The van der Waals surface area contributed by atoms with Gasteiger partial charge in [-0.1, -0.05) is 29.8 Å². The molecule has 1 aliphatic carbocycles. The van der Waals surface area contributed by atoms with E-state index in [2.05, 4.69) is 62.5 Å². The minimum Gasteiger partial charge on any atom is -0.299 e. The zero-order chi connectivity index (χ0) is 23.5. The average Bonchev–Trinajstić information content (AvgIpc) is 3.56. The van der Waals surface area contributed by atoms with E-state index < -0.39 is 0 Å². The topological polar surface area (TPSA) is 44.8 Å². The number of aromatic amines is 1. The number of nitrogens with zero attached hydrogens (tertiary/aromatic N) is 3. The number of pyridine rings is 1. The molecule has 4 heterocycles. The molecule has 3 aliphatic rings. The zero-order valence-electron chi connectivity index (χ0n) is 19.9. The Labute approximate surface area is 215 Å². The summed E-state index contributed by atoms with van der Waals surface area (Å²) in [5.74, 6) is 3.31. The van der Waals surface area contributed by atoms with Crippen LogP contribution >= 0.6 is 23.4 Å². The van der Waals surface area contributed by atoms with Crippen LogP contribution in [0.5, 0.6) is 0 Å². The van der Waals surface area contributed by atoms with Crippen molar-refractivity contribution in [1.29, 1.82) is 0 Å². The maximum Gasteiger partial charge on any atom is 0.100 e. The number of nitrogens with one attached hydrogen (secondary N) is 1. The van der Waals surface area contributed by atoms with Gasteiger partial charge in [0.1, 0.15) is 5.69 Å². The second-order valence-corrected chi connectivity index (χ2v) is 12.1. The number of hydrogen-bond acceptors (Lipinski definition) is 4. The first kappa shape index (κ1) is 21.9. The summed E-state index contributed by atoms with van der Waals surface area (Å²) in [6, 6.07) is 18.1. The number of benzene rings is 2. The third-order valence-corrected chi connectivity index (χ3v) is 10.0. The maximum atomic E-state index is 6.85. The van der Waals surface area contributed by atoms with E-state index in [9.17, 15) is 0 Å². The Hall–Kier alpha value is -2.34. The van der Waals surface area contributed by atoms with Crippen LogP contribution in [0.15, 0.2) is 59.6 Å². The van der Waals surface area contributed by atoms with Crippen molar-refractivity contribution >= 4 is 34.3 Å². The fourth-order valence-electron chi connectivity index (χ4n) is 6.72. The van der Waals surface area contributed by atoms with Crippen molar-refractivity contribution < 1.29 is 0 Å². The molecule has 2 fully saturated rings. The Morgan fingerprint density at radius 2 is 1.89 bits per heavy atom. The summed E-state index contributed by atoms with van der Waals surface area (Å²) >= 11 is 8.89. The fourth-order valence-corrected chi connectivity index (χ4v) is 8.25. The molecule has 4 nitrogen and oxygen atoms in total. The van der Waals surface area contributed by atoms with Gasteiger partial charge in [0.2, 0.25) is 0 Å². The van der Waals surface area contributed by atoms with E-state index in [-0.39, 0.29) is 0 Å². The Balaban J connectivity index is 1.10. The predicted molar refractivity (Wildman–Crippen MR) is 144 cm³/mol. The summed E-state index contributed by atoms with van der Waals surface area (Å²) in [6.07, 6.45) is 5.54. The molecular formula is C29H29ClN4S. The Morgan fingerprint density at radius 3 is 2.71 bits per heavy atom. The van der Waals surface area contributed by atoms with E-state index in [1.54, 1.807) is 0 Å². The zero-order valence-corrected chi connectivity index (χ0v) is 21.4. The van der Waals surface area contributed by atoms with E-state index >= 15 is 0 Å². The molecule has 0 amide bonds. The molecule has 0 bridgehead atoms. The van der Waals surface area contributed by atoms with Crippen molar-refractivity contribution in [2.24, 2.45) is 11.8 Å². The molecule has 2 aromatic carbocycles. The van der Waals surface area contributed by atoms with Gasteiger partial charge < -0.3 is 0 Å². The summed E-state index contributed by atoms with van der Waals surface area (Å²) in [6.45, 7) is 4.50. The molecule has 1 saturated heterocycles. The van der Waals surface area contributed by atoms with Crippen LogP contribution in [0.25, 0.3) is 22.2 Å². The van der Waals surface area contributed by atoms with Crippen molar-refractivity contribution in [3.05, 3.63) is 76.6 Å². The summed E-state index contributed by atoms with van der Waals surface area (Å²) in [7, 11) is 0. The summed E-state index contributed by atoms with van der Waals surface area (Å²) in [5, 5.41) is 9.86. The second kappa shape index (κ2) is 8.65. The molecule has 35 heavy (non-hydrogen) atoms. The lowest BCUT2D eigenvalue weighted by molar-refractivity contribution is 0.237. The SMILES string of the molecule is Cc1cc(-c2n[nH]c3cc(Cl)c(C4C[C@@H]5CN(C6CSc7ccccc7C6)C[C@@H]5C4)cc23)ccn1. The summed E-state index contributed by atoms with van der Waals surface area (Å²) in [5.41, 5.74) is 6.93. The molecule has 1 N–H and O–H groups in total. The van der Waals surface area contributed by atoms with Crippen molar-refractivity contribution in [3.63, 3.8) is 0 Å². The minimum atomic E-state index is 0.535. The number of thioether (sulfide) groups is 1. The van der Waals surface area contributed by atoms with Gasteiger partial charge >= 0.3 is 0 Å². The van der Waals surface area contributed by atoms with Crippen LogP contribution in [-0.2, 0) is 6.42 Å². The lowest BCUT2D eigenvalue weighted by Gasteiger charge is -2.32. The average molecular weight is 501 g/mol. The van der Waals surface area contributed by atoms with Gasteiger partial charge in [-0.3, -0.25) is 15.0 Å². The number of rotatable bonds is 3. The molecule has 2 unspecified atom stereocenters. The first-order valence-corrected chi connectivity index (χ1v) is 14.0. The first-order valence-electron chi connectivity index (χ1n) is 12.7. The number of fused-ring (bicyclic) bond motifs is 3. The molecule has 2 aromatic heterocycles. The summed E-state index contributed by atoms with van der Waals surface area (Å²) in [4.78, 5) is 8.61. The first-order chi connectivity index (χ1) is 17.1. The fraction of sp³-hybridized carbons (Fsp3) is 0.379. The molecule has 4 aromatic rings. The Bertz CT molecular complexity index is 1400. The third kappa shape index (κ3) is 3.89. The van der Waals surface area contributed by atoms with E-state index in [0.717, 1.165) is 44.7 Å². The number of hydrogen-bond donors (Lipinski definition) is 1. The number of aromatic nitrogens is 3. The highest BCUT2D eigenvalue weighted by atomic mass is 35.5. The van der Waals surface area contributed by atoms with Crippen molar-refractivity contribution in [3.8, 4) is 11.3 Å². The molecule has 6 heteroatoms. The monoisotopic (exact) mass is 500 g/mol. The molecule has 178 valence electrons. The lowest BCUT2D eigenvalue weighted by atomic mass is 9.93. The van der Waals surface area contributed by atoms with Crippen molar-refractivity contribution in [2.45, 2.75) is 43.0 Å². The van der Waals surface area contributed by atoms with Crippen LogP contribution in [0.4, 0.5) is 0 Å². The summed E-state index contributed by atoms with van der Waals surface area (Å²) < 4.78 is 0. The van der Waals surface area contributed by atoms with Gasteiger partial charge in [-0.05, 0) is 85.4 Å². The number of aryl methyl sites for hydroxylation is 1. The highest BCUT2D eigenvalue weighted by molar-refractivity contribution is 7.99. The Kier molecular flexibility index (Phi) is 5.41. The quantitative estimate of drug-likeness (QED) is 0.338. The van der Waals surface area contributed by atoms with Gasteiger partial charge in [-0.2, -0.15) is 5.10 Å². The van der Waals surface area contributed by atoms with Crippen LogP contribution in [0.1, 0.15) is 35.6 Å². The third-order valence-electron chi connectivity index (χ3n) is 8.45. The Morgan fingerprint density at radius 1 is 1.06 bits per heavy atom. The molecule has 0 radical (unpaired) electrons. The van der Waals surface area contributed by atoms with Gasteiger partial charge in [0.25, 0.3) is 0 Å². The van der Waals surface area contributed by atoms with Gasteiger partial charge in [-0.25, -0.2) is 0 Å². The maximum absolute atomic E-state index is 6.85. The van der Waals surface area contributed by atoms with Crippen LogP contribution in [0, 0.1) is 18.8 Å². The van der Waals surface area contributed by atoms with Crippen LogP contribution in [0.3, 0.4) is 0 Å². The standard InChI is InChI=1S/C29H29ClN4S/c1-17-8-19(6-7-31-17)29-25-12-24(26(30)13-27(25)32-33-29)20-9-21-14-34(15-22(21)10-20)23-11-18-4-2-3-5-28(18)35-16-23/h2-8,12-13,20-23H,9-11,14-16H2,1H3,(H,32,33)/t20?,21-,22+,23?. The second-order valence-electron chi connectivity index (χ2n) is 10.6. The predicted octanol–water partition coefficient (Wildman–Crippen LogP) is 6.73. The van der Waals surface area contributed by atoms with Crippen molar-refractivity contribution in [1.82, 2.24) is 20.1 Å². The van der Waals surface area contributed by atoms with Gasteiger partial charge in [0.05, 0.1) is 5.52 Å². The van der Waals surface area contributed by atoms with Crippen LogP contribution in [-0.4, -0.2) is 45.0 Å². The number of H-pyrrole nitrogens is 1. The van der Waals surface area contributed by atoms with Crippen LogP contribution in [0.2, 0.25) is 5.02 Å². The molecule has 0 spiro atoms. The lowest BCUT2D eigenvalue weighted by Crippen LogP contribution is -2.39.